The highest BCUT2D eigenvalue weighted by Crippen LogP contribution is 2.22. The van der Waals surface area contributed by atoms with E-state index >= 15 is 0 Å². The highest BCUT2D eigenvalue weighted by Gasteiger charge is 2.10. The van der Waals surface area contributed by atoms with E-state index in [1.165, 1.54) is 0 Å². The quantitative estimate of drug-likeness (QED) is 0.850. The predicted octanol–water partition coefficient (Wildman–Crippen LogP) is 2.97. The molecule has 0 atom stereocenters. The van der Waals surface area contributed by atoms with Crippen LogP contribution in [0.4, 0.5) is 0 Å². The van der Waals surface area contributed by atoms with Gasteiger partial charge >= 0.3 is 0 Å². The number of aromatic nitrogens is 2. The van der Waals surface area contributed by atoms with Crippen molar-refractivity contribution in [2.45, 2.75) is 33.2 Å². The Morgan fingerprint density at radius 2 is 1.88 bits per heavy atom. The maximum Gasteiger partial charge on any atom is 0.137 e. The number of hydrogen-bond acceptors (Lipinski definition) is 2. The molecule has 3 N–H and O–H groups in total. The fourth-order valence-corrected chi connectivity index (χ4v) is 1.97. The number of hydrogen-bond donors (Lipinski definition) is 2. The van der Waals surface area contributed by atoms with E-state index in [0.29, 0.717) is 12.5 Å². The number of aryl methyl sites for hydroxylation is 1. The molecule has 0 spiro atoms. The Hall–Kier alpha value is -1.61. The summed E-state index contributed by atoms with van der Waals surface area (Å²) in [5, 5.41) is 0. The summed E-state index contributed by atoms with van der Waals surface area (Å²) in [6.07, 6.45) is 0. The summed E-state index contributed by atoms with van der Waals surface area (Å²) >= 11 is 0. The Labute approximate surface area is 102 Å². The largest absolute Gasteiger partial charge is 0.342 e. The fourth-order valence-electron chi connectivity index (χ4n) is 1.97. The van der Waals surface area contributed by atoms with Crippen molar-refractivity contribution in [2.75, 3.05) is 0 Å². The van der Waals surface area contributed by atoms with Crippen molar-refractivity contribution in [3.63, 3.8) is 0 Å². The maximum absolute atomic E-state index is 5.58. The minimum Gasteiger partial charge on any atom is -0.342 e. The third kappa shape index (κ3) is 2.39. The average molecular weight is 229 g/mol. The Morgan fingerprint density at radius 1 is 1.24 bits per heavy atom. The van der Waals surface area contributed by atoms with Crippen LogP contribution < -0.4 is 5.73 Å². The van der Waals surface area contributed by atoms with E-state index < -0.39 is 0 Å². The molecule has 0 radical (unpaired) electrons. The number of imidazole rings is 1. The lowest BCUT2D eigenvalue weighted by Gasteiger charge is -2.00. The molecule has 0 fully saturated rings. The number of H-pyrrole nitrogens is 1. The molecule has 1 aromatic heterocycles. The van der Waals surface area contributed by atoms with E-state index in [0.717, 1.165) is 28.3 Å². The summed E-state index contributed by atoms with van der Waals surface area (Å²) in [7, 11) is 0. The van der Waals surface area contributed by atoms with Gasteiger partial charge in [0.15, 0.2) is 0 Å². The van der Waals surface area contributed by atoms with Crippen LogP contribution in [-0.4, -0.2) is 9.97 Å². The van der Waals surface area contributed by atoms with Gasteiger partial charge in [-0.25, -0.2) is 4.98 Å². The van der Waals surface area contributed by atoms with Gasteiger partial charge in [0.25, 0.3) is 0 Å². The molecular weight excluding hydrogens is 210 g/mol. The molecule has 0 aliphatic heterocycles. The number of benzene rings is 1. The number of nitrogens with two attached hydrogens (primary N) is 1. The third-order valence-electron chi connectivity index (χ3n) is 2.93. The summed E-state index contributed by atoms with van der Waals surface area (Å²) in [6.45, 7) is 6.96. The lowest BCUT2D eigenvalue weighted by atomic mass is 10.1. The molecule has 17 heavy (non-hydrogen) atoms. The van der Waals surface area contributed by atoms with Gasteiger partial charge in [-0.05, 0) is 18.4 Å². The lowest BCUT2D eigenvalue weighted by molar-refractivity contribution is 0.823. The van der Waals surface area contributed by atoms with Crippen LogP contribution in [0.3, 0.4) is 0 Å². The van der Waals surface area contributed by atoms with Gasteiger partial charge in [-0.15, -0.1) is 0 Å². The first-order valence-corrected chi connectivity index (χ1v) is 5.97. The van der Waals surface area contributed by atoms with Gasteiger partial charge in [-0.1, -0.05) is 38.1 Å². The molecule has 3 nitrogen and oxygen atoms in total. The van der Waals surface area contributed by atoms with E-state index in [9.17, 15) is 0 Å². The van der Waals surface area contributed by atoms with Crippen LogP contribution >= 0.6 is 0 Å². The predicted molar refractivity (Wildman–Crippen MR) is 70.7 cm³/mol. The van der Waals surface area contributed by atoms with Gasteiger partial charge in [0.1, 0.15) is 5.82 Å². The van der Waals surface area contributed by atoms with Crippen LogP contribution in [0.5, 0.6) is 0 Å². The number of nitrogens with zero attached hydrogens (tertiary/aromatic N) is 1. The van der Waals surface area contributed by atoms with Gasteiger partial charge in [-0.3, -0.25) is 0 Å². The molecule has 0 unspecified atom stereocenters. The first-order chi connectivity index (χ1) is 8.11. The van der Waals surface area contributed by atoms with Crippen LogP contribution in [0.1, 0.15) is 36.7 Å². The van der Waals surface area contributed by atoms with Crippen LogP contribution in [0, 0.1) is 6.92 Å². The summed E-state index contributed by atoms with van der Waals surface area (Å²) in [4.78, 5) is 7.99. The van der Waals surface area contributed by atoms with E-state index in [1.54, 1.807) is 0 Å². The molecule has 1 heterocycles. The SMILES string of the molecule is Cc1[nH]c(-c2ccc(CN)cc2)nc1C(C)C. The number of nitrogens with one attached hydrogen (secondary N) is 1. The Bertz CT molecular complexity index is 495. The molecule has 0 aliphatic rings. The fraction of sp³-hybridized carbons (Fsp3) is 0.357. The van der Waals surface area contributed by atoms with Crippen molar-refractivity contribution < 1.29 is 0 Å². The Morgan fingerprint density at radius 3 is 2.35 bits per heavy atom. The van der Waals surface area contributed by atoms with Crippen molar-refractivity contribution in [1.29, 1.82) is 0 Å². The number of aromatic amines is 1. The van der Waals surface area contributed by atoms with Gasteiger partial charge < -0.3 is 10.7 Å². The summed E-state index contributed by atoms with van der Waals surface area (Å²) in [5.74, 6) is 1.39. The zero-order chi connectivity index (χ0) is 12.4. The van der Waals surface area contributed by atoms with Crippen molar-refractivity contribution >= 4 is 0 Å². The molecule has 2 rings (SSSR count). The summed E-state index contributed by atoms with van der Waals surface area (Å²) in [6, 6.07) is 8.21. The van der Waals surface area contributed by atoms with Gasteiger partial charge in [0.05, 0.1) is 5.69 Å². The zero-order valence-electron chi connectivity index (χ0n) is 10.6. The lowest BCUT2D eigenvalue weighted by Crippen LogP contribution is -1.95. The van der Waals surface area contributed by atoms with Gasteiger partial charge in [0, 0.05) is 17.8 Å². The minimum atomic E-state index is 0.448. The van der Waals surface area contributed by atoms with Crippen molar-refractivity contribution in [3.8, 4) is 11.4 Å². The van der Waals surface area contributed by atoms with Crippen LogP contribution in [0.2, 0.25) is 0 Å². The van der Waals surface area contributed by atoms with E-state index in [4.69, 9.17) is 5.73 Å². The first kappa shape index (κ1) is 11.9. The molecule has 1 aromatic carbocycles. The van der Waals surface area contributed by atoms with Crippen LogP contribution in [0.25, 0.3) is 11.4 Å². The van der Waals surface area contributed by atoms with E-state index in [1.807, 2.05) is 12.1 Å². The zero-order valence-corrected chi connectivity index (χ0v) is 10.6. The molecule has 0 saturated carbocycles. The molecule has 3 heteroatoms. The standard InChI is InChI=1S/C14H19N3/c1-9(2)13-10(3)16-14(17-13)12-6-4-11(8-15)5-7-12/h4-7,9H,8,15H2,1-3H3,(H,16,17). The molecule has 0 saturated heterocycles. The van der Waals surface area contributed by atoms with Crippen LogP contribution in [0.15, 0.2) is 24.3 Å². The Balaban J connectivity index is 2.36. The molecule has 0 aliphatic carbocycles. The smallest absolute Gasteiger partial charge is 0.137 e. The average Bonchev–Trinajstić information content (AvgIpc) is 2.71. The maximum atomic E-state index is 5.58. The third-order valence-corrected chi connectivity index (χ3v) is 2.93. The van der Waals surface area contributed by atoms with Crippen molar-refractivity contribution in [1.82, 2.24) is 9.97 Å². The van der Waals surface area contributed by atoms with E-state index in [2.05, 4.69) is 42.9 Å². The monoisotopic (exact) mass is 229 g/mol. The van der Waals surface area contributed by atoms with Crippen molar-refractivity contribution in [3.05, 3.63) is 41.2 Å². The highest BCUT2D eigenvalue weighted by atomic mass is 14.9. The van der Waals surface area contributed by atoms with Gasteiger partial charge in [0.2, 0.25) is 0 Å². The normalized spacial score (nSPS) is 11.1. The molecule has 0 amide bonds. The summed E-state index contributed by atoms with van der Waals surface area (Å²) < 4.78 is 0. The van der Waals surface area contributed by atoms with Gasteiger partial charge in [-0.2, -0.15) is 0 Å². The first-order valence-electron chi connectivity index (χ1n) is 5.97. The second-order valence-corrected chi connectivity index (χ2v) is 4.65. The molecule has 90 valence electrons. The van der Waals surface area contributed by atoms with Crippen LogP contribution in [-0.2, 0) is 6.54 Å². The molecule has 0 bridgehead atoms. The highest BCUT2D eigenvalue weighted by molar-refractivity contribution is 5.56. The number of rotatable bonds is 3. The topological polar surface area (TPSA) is 54.7 Å². The van der Waals surface area contributed by atoms with E-state index in [-0.39, 0.29) is 0 Å². The van der Waals surface area contributed by atoms with Crippen molar-refractivity contribution in [2.24, 2.45) is 5.73 Å². The molecular formula is C14H19N3. The molecule has 2 aromatic rings. The Kier molecular flexibility index (Phi) is 3.29. The second-order valence-electron chi connectivity index (χ2n) is 4.65. The minimum absolute atomic E-state index is 0.448. The second kappa shape index (κ2) is 4.72. The summed E-state index contributed by atoms with van der Waals surface area (Å²) in [5.41, 5.74) is 10.1.